The summed E-state index contributed by atoms with van der Waals surface area (Å²) in [5.41, 5.74) is 3.85. The lowest BCUT2D eigenvalue weighted by Crippen LogP contribution is -2.41. The molecule has 3 aliphatic rings. The highest BCUT2D eigenvalue weighted by Crippen LogP contribution is 2.51. The molecule has 1 N–H and O–H groups in total. The summed E-state index contributed by atoms with van der Waals surface area (Å²) in [5, 5.41) is 4.97. The van der Waals surface area contributed by atoms with Crippen LogP contribution in [-0.2, 0) is 4.74 Å². The SMILES string of the molecule is O=C(c1cccc2c1N[C@H](c1ccc(Cl)cc1Cl)[C@@H]1CC=C[C@@H]21)N1CCOCC1. The number of carbonyl (C=O) groups excluding carboxylic acids is 1. The molecule has 3 atom stereocenters. The molecule has 4 nitrogen and oxygen atoms in total. The van der Waals surface area contributed by atoms with Gasteiger partial charge in [-0.3, -0.25) is 4.79 Å². The molecule has 1 fully saturated rings. The van der Waals surface area contributed by atoms with Crippen LogP contribution in [0.5, 0.6) is 0 Å². The average Bonchev–Trinajstić information content (AvgIpc) is 3.23. The molecule has 0 radical (unpaired) electrons. The Balaban J connectivity index is 1.57. The molecule has 1 amide bonds. The van der Waals surface area contributed by atoms with Gasteiger partial charge in [-0.15, -0.1) is 0 Å². The van der Waals surface area contributed by atoms with Crippen LogP contribution in [0.25, 0.3) is 0 Å². The van der Waals surface area contributed by atoms with E-state index in [4.69, 9.17) is 27.9 Å². The van der Waals surface area contributed by atoms with Crippen molar-refractivity contribution in [1.29, 1.82) is 0 Å². The maximum absolute atomic E-state index is 13.3. The number of hydrogen-bond acceptors (Lipinski definition) is 3. The normalized spacial score (nSPS) is 25.3. The molecular weight excluding hydrogens is 407 g/mol. The van der Waals surface area contributed by atoms with E-state index in [1.165, 1.54) is 5.56 Å². The Bertz CT molecular complexity index is 985. The van der Waals surface area contributed by atoms with E-state index >= 15 is 0 Å². The monoisotopic (exact) mass is 428 g/mol. The van der Waals surface area contributed by atoms with Gasteiger partial charge in [0.05, 0.1) is 30.5 Å². The molecule has 0 saturated carbocycles. The minimum atomic E-state index is 0.0194. The van der Waals surface area contributed by atoms with Gasteiger partial charge in [0.25, 0.3) is 5.91 Å². The second kappa shape index (κ2) is 7.67. The predicted molar refractivity (Wildman–Crippen MR) is 116 cm³/mol. The van der Waals surface area contributed by atoms with Crippen LogP contribution in [0.15, 0.2) is 48.6 Å². The van der Waals surface area contributed by atoms with Gasteiger partial charge in [0, 0.05) is 29.1 Å². The third-order valence-electron chi connectivity index (χ3n) is 6.22. The third-order valence-corrected chi connectivity index (χ3v) is 6.79. The number of rotatable bonds is 2. The lowest BCUT2D eigenvalue weighted by Gasteiger charge is -2.39. The standard InChI is InChI=1S/C23H22Cl2N2O2/c24-14-7-8-18(20(25)13-14)21-16-4-1-3-15(16)17-5-2-6-19(22(17)26-21)23(28)27-9-11-29-12-10-27/h1-3,5-8,13,15-16,21,26H,4,9-12H2/t15-,16-,21+/m1/s1. The van der Waals surface area contributed by atoms with E-state index in [-0.39, 0.29) is 17.9 Å². The number of amides is 1. The molecule has 0 spiro atoms. The predicted octanol–water partition coefficient (Wildman–Crippen LogP) is 5.29. The van der Waals surface area contributed by atoms with Gasteiger partial charge >= 0.3 is 0 Å². The minimum absolute atomic E-state index is 0.0194. The van der Waals surface area contributed by atoms with Crippen LogP contribution in [0.3, 0.4) is 0 Å². The smallest absolute Gasteiger partial charge is 0.256 e. The Morgan fingerprint density at radius 2 is 1.93 bits per heavy atom. The summed E-state index contributed by atoms with van der Waals surface area (Å²) in [6.07, 6.45) is 5.48. The molecular formula is C23H22Cl2N2O2. The van der Waals surface area contributed by atoms with Crippen LogP contribution in [0.2, 0.25) is 10.0 Å². The van der Waals surface area contributed by atoms with E-state index in [1.54, 1.807) is 6.07 Å². The van der Waals surface area contributed by atoms with E-state index in [2.05, 4.69) is 23.5 Å². The number of nitrogens with zero attached hydrogens (tertiary/aromatic N) is 1. The van der Waals surface area contributed by atoms with E-state index in [9.17, 15) is 4.79 Å². The molecule has 0 unspecified atom stereocenters. The van der Waals surface area contributed by atoms with Crippen molar-refractivity contribution in [2.24, 2.45) is 5.92 Å². The fourth-order valence-electron chi connectivity index (χ4n) is 4.80. The molecule has 29 heavy (non-hydrogen) atoms. The Hall–Kier alpha value is -2.01. The number of hydrogen-bond donors (Lipinski definition) is 1. The summed E-state index contributed by atoms with van der Waals surface area (Å²) in [5.74, 6) is 0.675. The first-order valence-electron chi connectivity index (χ1n) is 10.0. The molecule has 2 aliphatic heterocycles. The van der Waals surface area contributed by atoms with E-state index in [0.29, 0.717) is 42.3 Å². The number of fused-ring (bicyclic) bond motifs is 3. The number of allylic oxidation sites excluding steroid dienone is 2. The Morgan fingerprint density at radius 1 is 1.10 bits per heavy atom. The second-order valence-electron chi connectivity index (χ2n) is 7.82. The average molecular weight is 429 g/mol. The highest BCUT2D eigenvalue weighted by Gasteiger charge is 2.40. The fraction of sp³-hybridized carbons (Fsp3) is 0.348. The molecule has 1 saturated heterocycles. The molecule has 150 valence electrons. The Kier molecular flexibility index (Phi) is 5.02. The Labute approximate surface area is 180 Å². The number of benzene rings is 2. The molecule has 2 heterocycles. The molecule has 2 aromatic rings. The van der Waals surface area contributed by atoms with Gasteiger partial charge in [-0.05, 0) is 41.7 Å². The van der Waals surface area contributed by atoms with Gasteiger partial charge in [0.15, 0.2) is 0 Å². The van der Waals surface area contributed by atoms with Crippen LogP contribution in [0, 0.1) is 5.92 Å². The maximum atomic E-state index is 13.3. The zero-order valence-electron chi connectivity index (χ0n) is 15.9. The molecule has 6 heteroatoms. The van der Waals surface area contributed by atoms with E-state index < -0.39 is 0 Å². The summed E-state index contributed by atoms with van der Waals surface area (Å²) < 4.78 is 5.41. The Morgan fingerprint density at radius 3 is 2.72 bits per heavy atom. The number of nitrogens with one attached hydrogen (secondary N) is 1. The number of para-hydroxylation sites is 1. The molecule has 0 bridgehead atoms. The van der Waals surface area contributed by atoms with Crippen LogP contribution < -0.4 is 5.32 Å². The van der Waals surface area contributed by atoms with Gasteiger partial charge in [0.1, 0.15) is 0 Å². The summed E-state index contributed by atoms with van der Waals surface area (Å²) >= 11 is 12.7. The van der Waals surface area contributed by atoms with Crippen LogP contribution in [-0.4, -0.2) is 37.1 Å². The third kappa shape index (κ3) is 3.33. The van der Waals surface area contributed by atoms with Gasteiger partial charge in [-0.1, -0.05) is 53.6 Å². The van der Waals surface area contributed by atoms with Crippen molar-refractivity contribution < 1.29 is 9.53 Å². The molecule has 2 aromatic carbocycles. The summed E-state index contributed by atoms with van der Waals surface area (Å²) in [4.78, 5) is 15.2. The first-order chi connectivity index (χ1) is 14.1. The lowest BCUT2D eigenvalue weighted by molar-refractivity contribution is 0.0303. The molecule has 1 aliphatic carbocycles. The van der Waals surface area contributed by atoms with E-state index in [1.807, 2.05) is 29.2 Å². The first kappa shape index (κ1) is 19.0. The topological polar surface area (TPSA) is 41.6 Å². The van der Waals surface area contributed by atoms with Gasteiger partial charge in [-0.2, -0.15) is 0 Å². The largest absolute Gasteiger partial charge is 0.378 e. The number of anilines is 1. The van der Waals surface area contributed by atoms with Crippen LogP contribution in [0.1, 0.15) is 39.9 Å². The van der Waals surface area contributed by atoms with Crippen molar-refractivity contribution in [3.05, 3.63) is 75.3 Å². The zero-order chi connectivity index (χ0) is 20.0. The van der Waals surface area contributed by atoms with Crippen LogP contribution >= 0.6 is 23.2 Å². The summed E-state index contributed by atoms with van der Waals surface area (Å²) in [6.45, 7) is 2.43. The maximum Gasteiger partial charge on any atom is 0.256 e. The van der Waals surface area contributed by atoms with Crippen molar-refractivity contribution in [3.63, 3.8) is 0 Å². The van der Waals surface area contributed by atoms with Crippen molar-refractivity contribution in [2.75, 3.05) is 31.6 Å². The number of morpholine rings is 1. The fourth-order valence-corrected chi connectivity index (χ4v) is 5.32. The summed E-state index contributed by atoms with van der Waals surface area (Å²) in [6, 6.07) is 11.7. The quantitative estimate of drug-likeness (QED) is 0.660. The van der Waals surface area contributed by atoms with Crippen molar-refractivity contribution >= 4 is 34.8 Å². The van der Waals surface area contributed by atoms with Gasteiger partial charge in [-0.25, -0.2) is 0 Å². The lowest BCUT2D eigenvalue weighted by atomic mass is 9.76. The van der Waals surface area contributed by atoms with Gasteiger partial charge < -0.3 is 15.0 Å². The minimum Gasteiger partial charge on any atom is -0.378 e. The number of ether oxygens (including phenoxy) is 1. The molecule has 0 aromatic heterocycles. The van der Waals surface area contributed by atoms with Crippen molar-refractivity contribution in [3.8, 4) is 0 Å². The highest BCUT2D eigenvalue weighted by molar-refractivity contribution is 6.35. The highest BCUT2D eigenvalue weighted by atomic mass is 35.5. The number of carbonyl (C=O) groups is 1. The number of halogens is 2. The van der Waals surface area contributed by atoms with E-state index in [0.717, 1.165) is 23.2 Å². The first-order valence-corrected chi connectivity index (χ1v) is 10.8. The molecule has 5 rings (SSSR count). The zero-order valence-corrected chi connectivity index (χ0v) is 17.4. The summed E-state index contributed by atoms with van der Waals surface area (Å²) in [7, 11) is 0. The van der Waals surface area contributed by atoms with Crippen molar-refractivity contribution in [1.82, 2.24) is 4.90 Å². The van der Waals surface area contributed by atoms with Crippen molar-refractivity contribution in [2.45, 2.75) is 18.4 Å². The van der Waals surface area contributed by atoms with Gasteiger partial charge in [0.2, 0.25) is 0 Å². The van der Waals surface area contributed by atoms with Crippen LogP contribution in [0.4, 0.5) is 5.69 Å². The second-order valence-corrected chi connectivity index (χ2v) is 8.66.